The number of hydrogen-bond donors (Lipinski definition) is 1. The smallest absolute Gasteiger partial charge is 0.104 e. The normalized spacial score (nSPS) is 32.1. The maximum absolute atomic E-state index is 5.99. The monoisotopic (exact) mass is 228 g/mol. The standard InChI is InChI=1S/C12H24N2O2/c13-10-12(4-3-8-15-11-12)16-9-7-14-5-1-2-6-14/h1-11,13H2. The lowest BCUT2D eigenvalue weighted by atomic mass is 9.97. The first kappa shape index (κ1) is 12.3. The van der Waals surface area contributed by atoms with Crippen molar-refractivity contribution in [1.82, 2.24) is 4.90 Å². The SMILES string of the molecule is NCC1(OCCN2CCCC2)CCCOC1. The van der Waals surface area contributed by atoms with E-state index >= 15 is 0 Å². The zero-order chi connectivity index (χ0) is 11.3. The molecule has 4 nitrogen and oxygen atoms in total. The van der Waals surface area contributed by atoms with E-state index in [1.54, 1.807) is 0 Å². The van der Waals surface area contributed by atoms with Gasteiger partial charge in [0.2, 0.25) is 0 Å². The molecule has 2 saturated heterocycles. The molecule has 0 saturated carbocycles. The summed E-state index contributed by atoms with van der Waals surface area (Å²) in [5.41, 5.74) is 5.62. The zero-order valence-corrected chi connectivity index (χ0v) is 10.1. The predicted octanol–water partition coefficient (Wildman–Crippen LogP) is 0.607. The zero-order valence-electron chi connectivity index (χ0n) is 10.1. The molecule has 2 aliphatic rings. The predicted molar refractivity (Wildman–Crippen MR) is 63.5 cm³/mol. The fourth-order valence-electron chi connectivity index (χ4n) is 2.56. The average Bonchev–Trinajstić information content (AvgIpc) is 2.83. The molecule has 94 valence electrons. The van der Waals surface area contributed by atoms with Crippen LogP contribution in [-0.2, 0) is 9.47 Å². The van der Waals surface area contributed by atoms with Crippen molar-refractivity contribution in [2.24, 2.45) is 5.73 Å². The van der Waals surface area contributed by atoms with Crippen LogP contribution in [0.2, 0.25) is 0 Å². The van der Waals surface area contributed by atoms with Crippen molar-refractivity contribution in [2.45, 2.75) is 31.3 Å². The summed E-state index contributed by atoms with van der Waals surface area (Å²) < 4.78 is 11.5. The van der Waals surface area contributed by atoms with Crippen molar-refractivity contribution in [3.05, 3.63) is 0 Å². The second-order valence-electron chi connectivity index (χ2n) is 4.94. The van der Waals surface area contributed by atoms with Crippen molar-refractivity contribution in [3.63, 3.8) is 0 Å². The van der Waals surface area contributed by atoms with Gasteiger partial charge in [-0.25, -0.2) is 0 Å². The minimum atomic E-state index is -0.196. The van der Waals surface area contributed by atoms with Gasteiger partial charge in [0.15, 0.2) is 0 Å². The van der Waals surface area contributed by atoms with E-state index in [4.69, 9.17) is 15.2 Å². The number of ether oxygens (including phenoxy) is 2. The summed E-state index contributed by atoms with van der Waals surface area (Å²) in [5, 5.41) is 0. The largest absolute Gasteiger partial charge is 0.378 e. The summed E-state index contributed by atoms with van der Waals surface area (Å²) in [7, 11) is 0. The van der Waals surface area contributed by atoms with Gasteiger partial charge >= 0.3 is 0 Å². The third-order valence-electron chi connectivity index (χ3n) is 3.67. The molecule has 0 aromatic rings. The first-order valence-electron chi connectivity index (χ1n) is 6.49. The highest BCUT2D eigenvalue weighted by atomic mass is 16.5. The molecular formula is C12H24N2O2. The summed E-state index contributed by atoms with van der Waals surface area (Å²) in [6.45, 7) is 6.40. The lowest BCUT2D eigenvalue weighted by molar-refractivity contribution is -0.125. The Morgan fingerprint density at radius 3 is 2.69 bits per heavy atom. The number of hydrogen-bond acceptors (Lipinski definition) is 4. The molecule has 0 spiro atoms. The van der Waals surface area contributed by atoms with E-state index in [1.165, 1.54) is 25.9 Å². The highest BCUT2D eigenvalue weighted by molar-refractivity contribution is 4.84. The Morgan fingerprint density at radius 2 is 2.06 bits per heavy atom. The van der Waals surface area contributed by atoms with Gasteiger partial charge in [-0.05, 0) is 38.8 Å². The Morgan fingerprint density at radius 1 is 1.25 bits per heavy atom. The quantitative estimate of drug-likeness (QED) is 0.749. The molecule has 1 atom stereocenters. The topological polar surface area (TPSA) is 47.7 Å². The first-order valence-corrected chi connectivity index (χ1v) is 6.49. The van der Waals surface area contributed by atoms with Gasteiger partial charge in [-0.1, -0.05) is 0 Å². The average molecular weight is 228 g/mol. The fourth-order valence-corrected chi connectivity index (χ4v) is 2.56. The van der Waals surface area contributed by atoms with E-state index in [0.29, 0.717) is 13.2 Å². The summed E-state index contributed by atoms with van der Waals surface area (Å²) in [6, 6.07) is 0. The molecule has 0 radical (unpaired) electrons. The van der Waals surface area contributed by atoms with Crippen molar-refractivity contribution in [2.75, 3.05) is 46.0 Å². The molecule has 2 N–H and O–H groups in total. The van der Waals surface area contributed by atoms with Gasteiger partial charge in [0.1, 0.15) is 5.60 Å². The first-order chi connectivity index (χ1) is 7.85. The molecular weight excluding hydrogens is 204 g/mol. The van der Waals surface area contributed by atoms with Crippen LogP contribution in [0.1, 0.15) is 25.7 Å². The number of nitrogens with zero attached hydrogens (tertiary/aromatic N) is 1. The van der Waals surface area contributed by atoms with Crippen LogP contribution in [0, 0.1) is 0 Å². The summed E-state index contributed by atoms with van der Waals surface area (Å²) >= 11 is 0. The van der Waals surface area contributed by atoms with Gasteiger partial charge in [-0.3, -0.25) is 0 Å². The van der Waals surface area contributed by atoms with E-state index < -0.39 is 0 Å². The van der Waals surface area contributed by atoms with Gasteiger partial charge in [0.25, 0.3) is 0 Å². The van der Waals surface area contributed by atoms with E-state index in [2.05, 4.69) is 4.90 Å². The van der Waals surface area contributed by atoms with Crippen molar-refractivity contribution < 1.29 is 9.47 Å². The maximum atomic E-state index is 5.99. The Bertz CT molecular complexity index is 199. The lowest BCUT2D eigenvalue weighted by Crippen LogP contribution is -2.48. The van der Waals surface area contributed by atoms with Crippen LogP contribution in [0.4, 0.5) is 0 Å². The van der Waals surface area contributed by atoms with E-state index in [-0.39, 0.29) is 5.60 Å². The number of nitrogens with two attached hydrogens (primary N) is 1. The van der Waals surface area contributed by atoms with Crippen molar-refractivity contribution >= 4 is 0 Å². The summed E-state index contributed by atoms with van der Waals surface area (Å²) in [4.78, 5) is 2.47. The van der Waals surface area contributed by atoms with Crippen molar-refractivity contribution in [1.29, 1.82) is 0 Å². The number of likely N-dealkylation sites (tertiary alicyclic amines) is 1. The minimum absolute atomic E-state index is 0.196. The molecule has 16 heavy (non-hydrogen) atoms. The Labute approximate surface area is 98.1 Å². The minimum Gasteiger partial charge on any atom is -0.378 e. The van der Waals surface area contributed by atoms with Crippen LogP contribution in [0.15, 0.2) is 0 Å². The molecule has 0 aromatic heterocycles. The van der Waals surface area contributed by atoms with Gasteiger partial charge < -0.3 is 20.1 Å². The molecule has 0 bridgehead atoms. The van der Waals surface area contributed by atoms with Crippen LogP contribution in [0.5, 0.6) is 0 Å². The molecule has 0 amide bonds. The number of rotatable bonds is 5. The molecule has 2 rings (SSSR count). The molecule has 1 unspecified atom stereocenters. The Balaban J connectivity index is 1.69. The summed E-state index contributed by atoms with van der Waals surface area (Å²) in [6.07, 6.45) is 4.79. The Hall–Kier alpha value is -0.160. The van der Waals surface area contributed by atoms with E-state index in [0.717, 1.165) is 32.6 Å². The molecule has 2 fully saturated rings. The molecule has 4 heteroatoms. The summed E-state index contributed by atoms with van der Waals surface area (Å²) in [5.74, 6) is 0. The van der Waals surface area contributed by atoms with Gasteiger partial charge in [0.05, 0.1) is 13.2 Å². The van der Waals surface area contributed by atoms with Crippen molar-refractivity contribution in [3.8, 4) is 0 Å². The van der Waals surface area contributed by atoms with Crippen LogP contribution >= 0.6 is 0 Å². The van der Waals surface area contributed by atoms with Gasteiger partial charge in [0, 0.05) is 19.7 Å². The van der Waals surface area contributed by atoms with E-state index in [9.17, 15) is 0 Å². The highest BCUT2D eigenvalue weighted by Crippen LogP contribution is 2.22. The molecule has 0 aromatic carbocycles. The second kappa shape index (κ2) is 5.96. The maximum Gasteiger partial charge on any atom is 0.104 e. The van der Waals surface area contributed by atoms with E-state index in [1.807, 2.05) is 0 Å². The molecule has 0 aliphatic carbocycles. The van der Waals surface area contributed by atoms with Gasteiger partial charge in [-0.15, -0.1) is 0 Å². The van der Waals surface area contributed by atoms with Crippen LogP contribution in [0.25, 0.3) is 0 Å². The Kier molecular flexibility index (Phi) is 4.58. The molecule has 2 aliphatic heterocycles. The molecule has 2 heterocycles. The second-order valence-corrected chi connectivity index (χ2v) is 4.94. The lowest BCUT2D eigenvalue weighted by Gasteiger charge is -2.36. The highest BCUT2D eigenvalue weighted by Gasteiger charge is 2.32. The third kappa shape index (κ3) is 3.17. The fraction of sp³-hybridized carbons (Fsp3) is 1.00. The van der Waals surface area contributed by atoms with Gasteiger partial charge in [-0.2, -0.15) is 0 Å². The third-order valence-corrected chi connectivity index (χ3v) is 3.67. The van der Waals surface area contributed by atoms with Crippen LogP contribution in [-0.4, -0.2) is 56.5 Å². The van der Waals surface area contributed by atoms with Crippen LogP contribution < -0.4 is 5.73 Å². The van der Waals surface area contributed by atoms with Crippen LogP contribution in [0.3, 0.4) is 0 Å².